The van der Waals surface area contributed by atoms with Crippen LogP contribution in [0.25, 0.3) is 11.1 Å². The maximum absolute atomic E-state index is 14.1. The van der Waals surface area contributed by atoms with E-state index in [2.05, 4.69) is 15.0 Å². The van der Waals surface area contributed by atoms with Crippen molar-refractivity contribution in [2.24, 2.45) is 13.0 Å². The highest BCUT2D eigenvalue weighted by molar-refractivity contribution is 5.76. The van der Waals surface area contributed by atoms with Crippen LogP contribution in [0.15, 0.2) is 42.9 Å². The molecule has 4 aromatic rings. The first-order valence-electron chi connectivity index (χ1n) is 16.2. The van der Waals surface area contributed by atoms with Crippen LogP contribution in [-0.2, 0) is 30.9 Å². The van der Waals surface area contributed by atoms with Gasteiger partial charge in [-0.15, -0.1) is 0 Å². The smallest absolute Gasteiger partial charge is 0.435 e. The lowest BCUT2D eigenvalue weighted by molar-refractivity contribution is -0.141. The molecular formula is C35H42F3N7O4. The number of ether oxygens (including phenoxy) is 2. The molecule has 14 heteroatoms. The van der Waals surface area contributed by atoms with Crippen molar-refractivity contribution in [3.63, 3.8) is 0 Å². The van der Waals surface area contributed by atoms with Crippen LogP contribution in [0, 0.1) is 19.8 Å². The standard InChI is InChI=1S/C35H42F3N7O4/c1-20-10-24(40-29(11-20)45-16-25(17-45)43(7)33(47)49-34(3,4)5)14-23-19-48-31-26(28-18-42(6)41-32(28)35(36,37)38)12-22(13-27(31)30(23)46)15-44-9-8-39-21(44)2/h8-13,18,23,25,30,46H,14-17,19H2,1-7H3/t23-,30-/m1/s1. The Labute approximate surface area is 283 Å². The summed E-state index contributed by atoms with van der Waals surface area (Å²) in [4.78, 5) is 25.4. The second kappa shape index (κ2) is 12.7. The van der Waals surface area contributed by atoms with Gasteiger partial charge in [0.1, 0.15) is 23.0 Å². The van der Waals surface area contributed by atoms with Crippen molar-refractivity contribution in [2.45, 2.75) is 71.5 Å². The fourth-order valence-corrected chi connectivity index (χ4v) is 6.38. The minimum absolute atomic E-state index is 0.0159. The minimum Gasteiger partial charge on any atom is -0.492 e. The van der Waals surface area contributed by atoms with Gasteiger partial charge in [-0.2, -0.15) is 18.3 Å². The molecular weight excluding hydrogens is 639 g/mol. The first-order chi connectivity index (χ1) is 23.0. The predicted octanol–water partition coefficient (Wildman–Crippen LogP) is 5.70. The molecule has 1 amide bonds. The molecule has 262 valence electrons. The number of aliphatic hydroxyl groups is 1. The van der Waals surface area contributed by atoms with Gasteiger partial charge in [0.15, 0.2) is 5.69 Å². The zero-order valence-electron chi connectivity index (χ0n) is 28.7. The van der Waals surface area contributed by atoms with E-state index >= 15 is 0 Å². The molecule has 2 aliphatic heterocycles. The predicted molar refractivity (Wildman–Crippen MR) is 176 cm³/mol. The van der Waals surface area contributed by atoms with E-state index in [0.29, 0.717) is 37.2 Å². The number of hydrogen-bond donors (Lipinski definition) is 1. The summed E-state index contributed by atoms with van der Waals surface area (Å²) in [5.74, 6) is 1.32. The van der Waals surface area contributed by atoms with E-state index < -0.39 is 29.5 Å². The Morgan fingerprint density at radius 3 is 2.51 bits per heavy atom. The number of aryl methyl sites for hydroxylation is 3. The van der Waals surface area contributed by atoms with Crippen LogP contribution in [0.3, 0.4) is 0 Å². The zero-order valence-corrected chi connectivity index (χ0v) is 28.7. The Morgan fingerprint density at radius 2 is 1.86 bits per heavy atom. The summed E-state index contributed by atoms with van der Waals surface area (Å²) in [5, 5.41) is 15.5. The number of carbonyl (C=O) groups excluding carboxylic acids is 1. The molecule has 0 bridgehead atoms. The molecule has 0 saturated carbocycles. The topological polar surface area (TPSA) is 111 Å². The molecule has 5 heterocycles. The van der Waals surface area contributed by atoms with Crippen molar-refractivity contribution in [3.8, 4) is 16.9 Å². The molecule has 1 fully saturated rings. The van der Waals surface area contributed by atoms with Gasteiger partial charge in [0.25, 0.3) is 0 Å². The number of likely N-dealkylation sites (N-methyl/N-ethyl adjacent to an activating group) is 1. The van der Waals surface area contributed by atoms with Gasteiger partial charge in [-0.25, -0.2) is 14.8 Å². The van der Waals surface area contributed by atoms with Crippen LogP contribution in [0.5, 0.6) is 5.75 Å². The zero-order chi connectivity index (χ0) is 35.4. The van der Waals surface area contributed by atoms with E-state index in [9.17, 15) is 23.1 Å². The Bertz CT molecular complexity index is 1860. The van der Waals surface area contributed by atoms with Crippen LogP contribution in [0.2, 0.25) is 0 Å². The van der Waals surface area contributed by atoms with Gasteiger partial charge in [-0.1, -0.05) is 0 Å². The van der Waals surface area contributed by atoms with Crippen LogP contribution in [0.1, 0.15) is 60.8 Å². The molecule has 0 unspecified atom stereocenters. The minimum atomic E-state index is -4.69. The number of imidazole rings is 1. The molecule has 3 aromatic heterocycles. The SMILES string of the molecule is Cc1cc(C[C@@H]2COc3c(-c4cn(C)nc4C(F)(F)F)cc(Cn4ccnc4C)cc3[C@@H]2O)nc(N2CC(N(C)C(=O)OC(C)(C)C)C2)c1. The molecule has 2 atom stereocenters. The average Bonchev–Trinajstić information content (AvgIpc) is 3.57. The van der Waals surface area contributed by atoms with Crippen LogP contribution in [0.4, 0.5) is 23.8 Å². The van der Waals surface area contributed by atoms with E-state index in [1.165, 1.54) is 13.2 Å². The third kappa shape index (κ3) is 7.24. The van der Waals surface area contributed by atoms with Crippen molar-refractivity contribution in [2.75, 3.05) is 31.6 Å². The number of alkyl halides is 3. The number of amides is 1. The number of pyridine rings is 1. The summed E-state index contributed by atoms with van der Waals surface area (Å²) in [6, 6.07) is 7.41. The lowest BCUT2D eigenvalue weighted by Gasteiger charge is -2.44. The third-order valence-electron chi connectivity index (χ3n) is 8.94. The van der Waals surface area contributed by atoms with E-state index in [1.807, 2.05) is 51.3 Å². The van der Waals surface area contributed by atoms with Crippen LogP contribution in [-0.4, -0.2) is 78.8 Å². The summed E-state index contributed by atoms with van der Waals surface area (Å²) in [6.07, 6.45) is -0.917. The molecule has 0 aliphatic carbocycles. The number of halogens is 3. The van der Waals surface area contributed by atoms with Crippen LogP contribution >= 0.6 is 0 Å². The van der Waals surface area contributed by atoms with Gasteiger partial charge < -0.3 is 28.9 Å². The highest BCUT2D eigenvalue weighted by atomic mass is 19.4. The molecule has 2 aliphatic rings. The fourth-order valence-electron chi connectivity index (χ4n) is 6.38. The molecule has 11 nitrogen and oxygen atoms in total. The van der Waals surface area contributed by atoms with E-state index in [4.69, 9.17) is 14.5 Å². The number of hydrogen-bond acceptors (Lipinski definition) is 8. The number of carbonyl (C=O) groups is 1. The van der Waals surface area contributed by atoms with Gasteiger partial charge >= 0.3 is 12.3 Å². The molecule has 49 heavy (non-hydrogen) atoms. The maximum Gasteiger partial charge on any atom is 0.435 e. The van der Waals surface area contributed by atoms with Gasteiger partial charge in [0, 0.05) is 80.6 Å². The van der Waals surface area contributed by atoms with Crippen molar-refractivity contribution < 1.29 is 32.5 Å². The maximum atomic E-state index is 14.1. The highest BCUT2D eigenvalue weighted by Crippen LogP contribution is 2.47. The number of anilines is 1. The number of nitrogens with zero attached hydrogens (tertiary/aromatic N) is 7. The van der Waals surface area contributed by atoms with Crippen LogP contribution < -0.4 is 9.64 Å². The lowest BCUT2D eigenvalue weighted by Crippen LogP contribution is -2.60. The quantitative estimate of drug-likeness (QED) is 0.265. The van der Waals surface area contributed by atoms with Gasteiger partial charge in [-0.05, 0) is 76.4 Å². The summed E-state index contributed by atoms with van der Waals surface area (Å²) >= 11 is 0. The summed E-state index contributed by atoms with van der Waals surface area (Å²) < 4.78 is 57.1. The first-order valence-corrected chi connectivity index (χ1v) is 16.2. The van der Waals surface area contributed by atoms with Gasteiger partial charge in [-0.3, -0.25) is 4.68 Å². The van der Waals surface area contributed by atoms with Crippen molar-refractivity contribution in [3.05, 3.63) is 76.8 Å². The number of aromatic nitrogens is 5. The van der Waals surface area contributed by atoms with E-state index in [0.717, 1.165) is 27.6 Å². The molecule has 1 N–H and O–H groups in total. The third-order valence-corrected chi connectivity index (χ3v) is 8.94. The number of fused-ring (bicyclic) bond motifs is 1. The Hall–Kier alpha value is -4.59. The highest BCUT2D eigenvalue weighted by Gasteiger charge is 2.40. The fraction of sp³-hybridized carbons (Fsp3) is 0.486. The van der Waals surface area contributed by atoms with E-state index in [1.54, 1.807) is 36.5 Å². The second-order valence-corrected chi connectivity index (χ2v) is 14.1. The normalized spacial score (nSPS) is 18.1. The largest absolute Gasteiger partial charge is 0.492 e. The molecule has 0 radical (unpaired) electrons. The Balaban J connectivity index is 1.26. The van der Waals surface area contributed by atoms with E-state index in [-0.39, 0.29) is 35.6 Å². The average molecular weight is 682 g/mol. The van der Waals surface area contributed by atoms with Crippen molar-refractivity contribution in [1.82, 2.24) is 29.2 Å². The number of aliphatic hydroxyl groups excluding tert-OH is 1. The summed E-state index contributed by atoms with van der Waals surface area (Å²) in [6.45, 7) is 11.0. The number of benzene rings is 1. The molecule has 6 rings (SSSR count). The summed E-state index contributed by atoms with van der Waals surface area (Å²) in [5.41, 5.74) is 1.37. The monoisotopic (exact) mass is 681 g/mol. The summed E-state index contributed by atoms with van der Waals surface area (Å²) in [7, 11) is 3.18. The second-order valence-electron chi connectivity index (χ2n) is 14.1. The number of rotatable bonds is 7. The molecule has 0 spiro atoms. The Morgan fingerprint density at radius 1 is 1.12 bits per heavy atom. The Kier molecular flexibility index (Phi) is 8.88. The molecule has 1 aromatic carbocycles. The first kappa shape index (κ1) is 34.3. The van der Waals surface area contributed by atoms with Gasteiger partial charge in [0.05, 0.1) is 18.8 Å². The van der Waals surface area contributed by atoms with Crippen molar-refractivity contribution >= 4 is 11.9 Å². The molecule has 1 saturated heterocycles. The lowest BCUT2D eigenvalue weighted by atomic mass is 9.86. The van der Waals surface area contributed by atoms with Gasteiger partial charge in [0.2, 0.25) is 0 Å². The van der Waals surface area contributed by atoms with Crippen molar-refractivity contribution in [1.29, 1.82) is 0 Å².